The van der Waals surface area contributed by atoms with E-state index in [1.165, 1.54) is 0 Å². The highest BCUT2D eigenvalue weighted by atomic mass is 16.5. The zero-order valence-electron chi connectivity index (χ0n) is 12.5. The van der Waals surface area contributed by atoms with E-state index >= 15 is 0 Å². The molecule has 120 valence electrons. The Hall–Kier alpha value is -1.34. The molecule has 0 aromatic heterocycles. The van der Waals surface area contributed by atoms with Crippen molar-refractivity contribution >= 4 is 12.0 Å². The van der Waals surface area contributed by atoms with Crippen molar-refractivity contribution in [2.24, 2.45) is 5.92 Å². The summed E-state index contributed by atoms with van der Waals surface area (Å²) in [6.45, 7) is 6.07. The van der Waals surface area contributed by atoms with E-state index in [4.69, 9.17) is 9.84 Å². The monoisotopic (exact) mass is 299 g/mol. The second-order valence-corrected chi connectivity index (χ2v) is 5.98. The third-order valence-corrected chi connectivity index (χ3v) is 4.13. The Kier molecular flexibility index (Phi) is 5.81. The lowest BCUT2D eigenvalue weighted by molar-refractivity contribution is -0.141. The topological polar surface area (TPSA) is 90.9 Å². The van der Waals surface area contributed by atoms with Crippen LogP contribution >= 0.6 is 0 Å². The SMILES string of the molecule is CC(CN1CCOCC1)NC(=O)N[C@H]1CC[C@@H](C(=O)O)C1. The lowest BCUT2D eigenvalue weighted by Crippen LogP contribution is -2.50. The summed E-state index contributed by atoms with van der Waals surface area (Å²) in [5.41, 5.74) is 0. The molecule has 3 atom stereocenters. The smallest absolute Gasteiger partial charge is 0.315 e. The zero-order valence-corrected chi connectivity index (χ0v) is 12.5. The maximum Gasteiger partial charge on any atom is 0.315 e. The number of carboxylic acid groups (broad SMARTS) is 1. The number of nitrogens with zero attached hydrogens (tertiary/aromatic N) is 1. The molecule has 0 aromatic rings. The zero-order chi connectivity index (χ0) is 15.2. The van der Waals surface area contributed by atoms with Gasteiger partial charge in [-0.1, -0.05) is 0 Å². The van der Waals surface area contributed by atoms with Crippen LogP contribution < -0.4 is 10.6 Å². The quantitative estimate of drug-likeness (QED) is 0.677. The second-order valence-electron chi connectivity index (χ2n) is 5.98. The fourth-order valence-corrected chi connectivity index (χ4v) is 3.00. The molecule has 1 heterocycles. The van der Waals surface area contributed by atoms with Gasteiger partial charge in [0.15, 0.2) is 0 Å². The van der Waals surface area contributed by atoms with Crippen molar-refractivity contribution in [2.75, 3.05) is 32.8 Å². The number of carbonyl (C=O) groups excluding carboxylic acids is 1. The highest BCUT2D eigenvalue weighted by Crippen LogP contribution is 2.25. The molecule has 1 aliphatic heterocycles. The Bertz CT molecular complexity index is 371. The minimum Gasteiger partial charge on any atom is -0.481 e. The van der Waals surface area contributed by atoms with Gasteiger partial charge < -0.3 is 20.5 Å². The van der Waals surface area contributed by atoms with Crippen molar-refractivity contribution in [3.05, 3.63) is 0 Å². The van der Waals surface area contributed by atoms with Crippen molar-refractivity contribution in [1.29, 1.82) is 0 Å². The third kappa shape index (κ3) is 5.17. The van der Waals surface area contributed by atoms with E-state index in [1.807, 2.05) is 6.92 Å². The number of rotatable bonds is 5. The molecule has 0 bridgehead atoms. The molecule has 1 unspecified atom stereocenters. The average Bonchev–Trinajstić information content (AvgIpc) is 2.88. The molecule has 3 N–H and O–H groups in total. The number of carbonyl (C=O) groups is 2. The number of hydrogen-bond acceptors (Lipinski definition) is 4. The van der Waals surface area contributed by atoms with Crippen LogP contribution in [0, 0.1) is 5.92 Å². The van der Waals surface area contributed by atoms with Gasteiger partial charge in [-0.2, -0.15) is 0 Å². The highest BCUT2D eigenvalue weighted by Gasteiger charge is 2.30. The van der Waals surface area contributed by atoms with E-state index in [0.29, 0.717) is 12.8 Å². The van der Waals surface area contributed by atoms with Crippen LogP contribution in [0.5, 0.6) is 0 Å². The summed E-state index contributed by atoms with van der Waals surface area (Å²) < 4.78 is 5.29. The van der Waals surface area contributed by atoms with Crippen LogP contribution in [-0.4, -0.2) is 66.9 Å². The number of hydrogen-bond donors (Lipinski definition) is 3. The van der Waals surface area contributed by atoms with Gasteiger partial charge in [-0.3, -0.25) is 9.69 Å². The maximum absolute atomic E-state index is 11.9. The van der Waals surface area contributed by atoms with Gasteiger partial charge in [0, 0.05) is 31.7 Å². The van der Waals surface area contributed by atoms with Gasteiger partial charge in [0.1, 0.15) is 0 Å². The number of amides is 2. The predicted molar refractivity (Wildman–Crippen MR) is 77.2 cm³/mol. The van der Waals surface area contributed by atoms with Crippen LogP contribution in [0.25, 0.3) is 0 Å². The van der Waals surface area contributed by atoms with E-state index in [9.17, 15) is 9.59 Å². The number of urea groups is 1. The lowest BCUT2D eigenvalue weighted by atomic mass is 10.1. The Labute approximate surface area is 125 Å². The molecule has 2 rings (SSSR count). The van der Waals surface area contributed by atoms with Gasteiger partial charge in [-0.05, 0) is 26.2 Å². The van der Waals surface area contributed by atoms with E-state index in [1.54, 1.807) is 0 Å². The van der Waals surface area contributed by atoms with Crippen LogP contribution in [0.3, 0.4) is 0 Å². The standard InChI is InChI=1S/C14H25N3O4/c1-10(9-17-4-6-21-7-5-17)15-14(20)16-12-3-2-11(8-12)13(18)19/h10-12H,2-9H2,1H3,(H,18,19)(H2,15,16,20)/t10?,11-,12+/m1/s1. The first-order valence-electron chi connectivity index (χ1n) is 7.64. The normalized spacial score (nSPS) is 28.0. The van der Waals surface area contributed by atoms with E-state index in [2.05, 4.69) is 15.5 Å². The second kappa shape index (κ2) is 7.61. The largest absolute Gasteiger partial charge is 0.481 e. The van der Waals surface area contributed by atoms with Crippen molar-refractivity contribution in [2.45, 2.75) is 38.3 Å². The van der Waals surface area contributed by atoms with Gasteiger partial charge in [-0.25, -0.2) is 4.79 Å². The number of morpholine rings is 1. The van der Waals surface area contributed by atoms with Gasteiger partial charge in [0.25, 0.3) is 0 Å². The van der Waals surface area contributed by atoms with Gasteiger partial charge in [-0.15, -0.1) is 0 Å². The number of ether oxygens (including phenoxy) is 1. The molecule has 7 nitrogen and oxygen atoms in total. The molecule has 0 spiro atoms. The molecule has 1 aliphatic carbocycles. The van der Waals surface area contributed by atoms with Gasteiger partial charge in [0.2, 0.25) is 0 Å². The van der Waals surface area contributed by atoms with Crippen LogP contribution in [0.4, 0.5) is 4.79 Å². The minimum atomic E-state index is -0.764. The Morgan fingerprint density at radius 3 is 2.67 bits per heavy atom. The fourth-order valence-electron chi connectivity index (χ4n) is 3.00. The molecule has 21 heavy (non-hydrogen) atoms. The third-order valence-electron chi connectivity index (χ3n) is 4.13. The van der Waals surface area contributed by atoms with Crippen molar-refractivity contribution in [3.8, 4) is 0 Å². The number of aliphatic carboxylic acids is 1. The van der Waals surface area contributed by atoms with Crippen LogP contribution in [0.1, 0.15) is 26.2 Å². The van der Waals surface area contributed by atoms with Crippen molar-refractivity contribution < 1.29 is 19.4 Å². The number of nitrogens with one attached hydrogen (secondary N) is 2. The molecule has 0 aromatic carbocycles. The first-order chi connectivity index (χ1) is 10.0. The fraction of sp³-hybridized carbons (Fsp3) is 0.857. The Morgan fingerprint density at radius 2 is 2.05 bits per heavy atom. The van der Waals surface area contributed by atoms with Crippen molar-refractivity contribution in [3.63, 3.8) is 0 Å². The summed E-state index contributed by atoms with van der Waals surface area (Å²) >= 11 is 0. The summed E-state index contributed by atoms with van der Waals surface area (Å²) in [5.74, 6) is -1.08. The first kappa shape index (κ1) is 16.0. The molecule has 7 heteroatoms. The van der Waals surface area contributed by atoms with Crippen LogP contribution in [-0.2, 0) is 9.53 Å². The average molecular weight is 299 g/mol. The van der Waals surface area contributed by atoms with Crippen LogP contribution in [0.2, 0.25) is 0 Å². The summed E-state index contributed by atoms with van der Waals surface area (Å²) in [4.78, 5) is 25.1. The molecule has 1 saturated carbocycles. The lowest BCUT2D eigenvalue weighted by Gasteiger charge is -2.29. The Balaban J connectivity index is 1.65. The first-order valence-corrected chi connectivity index (χ1v) is 7.64. The van der Waals surface area contributed by atoms with E-state index in [0.717, 1.165) is 39.3 Å². The predicted octanol–water partition coefficient (Wildman–Crippen LogP) is 0.260. The van der Waals surface area contributed by atoms with Crippen molar-refractivity contribution in [1.82, 2.24) is 15.5 Å². The van der Waals surface area contributed by atoms with E-state index < -0.39 is 5.97 Å². The molecule has 1 saturated heterocycles. The maximum atomic E-state index is 11.9. The summed E-state index contributed by atoms with van der Waals surface area (Å²) in [5, 5.41) is 14.7. The summed E-state index contributed by atoms with van der Waals surface area (Å²) in [6, 6.07) is -0.173. The summed E-state index contributed by atoms with van der Waals surface area (Å²) in [7, 11) is 0. The molecular formula is C14H25N3O4. The molecule has 2 amide bonds. The van der Waals surface area contributed by atoms with Crippen LogP contribution in [0.15, 0.2) is 0 Å². The highest BCUT2D eigenvalue weighted by molar-refractivity contribution is 5.75. The Morgan fingerprint density at radius 1 is 1.33 bits per heavy atom. The molecular weight excluding hydrogens is 274 g/mol. The summed E-state index contributed by atoms with van der Waals surface area (Å²) in [6.07, 6.45) is 1.91. The molecule has 2 aliphatic rings. The van der Waals surface area contributed by atoms with E-state index in [-0.39, 0.29) is 24.0 Å². The van der Waals surface area contributed by atoms with Gasteiger partial charge >= 0.3 is 12.0 Å². The number of carboxylic acids is 1. The minimum absolute atomic E-state index is 0.0262. The molecule has 0 radical (unpaired) electrons. The molecule has 2 fully saturated rings. The van der Waals surface area contributed by atoms with Gasteiger partial charge in [0.05, 0.1) is 19.1 Å².